The summed E-state index contributed by atoms with van der Waals surface area (Å²) in [5, 5.41) is 5.27. The Hall–Kier alpha value is -1.75. The highest BCUT2D eigenvalue weighted by Gasteiger charge is 2.43. The van der Waals surface area contributed by atoms with E-state index in [1.807, 2.05) is 55.2 Å². The first-order valence-electron chi connectivity index (χ1n) is 8.62. The maximum absolute atomic E-state index is 13.2. The molecule has 126 valence electrons. The van der Waals surface area contributed by atoms with Crippen molar-refractivity contribution in [2.45, 2.75) is 43.0 Å². The van der Waals surface area contributed by atoms with Gasteiger partial charge >= 0.3 is 0 Å². The quantitative estimate of drug-likeness (QED) is 0.856. The lowest BCUT2D eigenvalue weighted by Crippen LogP contribution is -2.47. The van der Waals surface area contributed by atoms with Crippen LogP contribution >= 0.6 is 11.8 Å². The first kappa shape index (κ1) is 15.8. The number of benzene rings is 1. The molecule has 0 aliphatic carbocycles. The molecule has 0 spiro atoms. The van der Waals surface area contributed by atoms with E-state index in [4.69, 9.17) is 0 Å². The molecule has 0 N–H and O–H groups in total. The molecule has 2 aliphatic heterocycles. The van der Waals surface area contributed by atoms with Crippen LogP contribution in [0.2, 0.25) is 0 Å². The van der Waals surface area contributed by atoms with Gasteiger partial charge in [0.15, 0.2) is 0 Å². The summed E-state index contributed by atoms with van der Waals surface area (Å²) < 4.78 is 1.74. The van der Waals surface area contributed by atoms with E-state index in [1.165, 1.54) is 0 Å². The van der Waals surface area contributed by atoms with Gasteiger partial charge in [-0.2, -0.15) is 16.9 Å². The van der Waals surface area contributed by atoms with Crippen molar-refractivity contribution >= 4 is 17.7 Å². The lowest BCUT2D eigenvalue weighted by molar-refractivity contribution is 0.0590. The van der Waals surface area contributed by atoms with E-state index >= 15 is 0 Å². The fourth-order valence-electron chi connectivity index (χ4n) is 4.20. The van der Waals surface area contributed by atoms with Crippen molar-refractivity contribution in [3.63, 3.8) is 0 Å². The third kappa shape index (κ3) is 2.65. The van der Waals surface area contributed by atoms with Crippen LogP contribution in [0.15, 0.2) is 36.4 Å². The number of aromatic nitrogens is 2. The zero-order valence-corrected chi connectivity index (χ0v) is 15.0. The molecule has 2 saturated heterocycles. The molecule has 5 heteroatoms. The van der Waals surface area contributed by atoms with Gasteiger partial charge in [0.2, 0.25) is 0 Å². The lowest BCUT2D eigenvalue weighted by atomic mass is 10.0. The van der Waals surface area contributed by atoms with Gasteiger partial charge in [0, 0.05) is 29.9 Å². The van der Waals surface area contributed by atoms with Crippen molar-refractivity contribution in [1.29, 1.82) is 0 Å². The number of rotatable bonds is 3. The first-order valence-corrected chi connectivity index (χ1v) is 9.91. The van der Waals surface area contributed by atoms with Gasteiger partial charge in [0.05, 0.1) is 5.69 Å². The predicted molar refractivity (Wildman–Crippen MR) is 98.2 cm³/mol. The van der Waals surface area contributed by atoms with Crippen LogP contribution in [0.4, 0.5) is 0 Å². The molecule has 2 fully saturated rings. The van der Waals surface area contributed by atoms with E-state index in [1.54, 1.807) is 4.68 Å². The maximum Gasteiger partial charge on any atom is 0.272 e. The molecule has 0 radical (unpaired) electrons. The van der Waals surface area contributed by atoms with Crippen LogP contribution < -0.4 is 0 Å². The number of hydrogen-bond donors (Lipinski definition) is 0. The summed E-state index contributed by atoms with van der Waals surface area (Å²) in [6, 6.07) is 12.8. The Balaban J connectivity index is 1.61. The standard InChI is InChI=1S/C19H23N3OS/c1-21-18(12-17(20-21)13-6-4-3-5-7-13)19(23)22-14-8-9-15(22)11-16(10-14)24-2/h3-7,12,14-16H,8-11H2,1-2H3. The average Bonchev–Trinajstić information content (AvgIpc) is 3.12. The van der Waals surface area contributed by atoms with E-state index in [9.17, 15) is 4.79 Å². The molecule has 2 atom stereocenters. The minimum Gasteiger partial charge on any atom is -0.331 e. The van der Waals surface area contributed by atoms with Crippen LogP contribution in [0.1, 0.15) is 36.2 Å². The van der Waals surface area contributed by atoms with Crippen molar-refractivity contribution < 1.29 is 4.79 Å². The molecule has 4 rings (SSSR count). The van der Waals surface area contributed by atoms with Crippen molar-refractivity contribution in [3.05, 3.63) is 42.1 Å². The molecule has 1 aromatic heterocycles. The minimum absolute atomic E-state index is 0.152. The first-order chi connectivity index (χ1) is 11.7. The molecule has 2 bridgehead atoms. The van der Waals surface area contributed by atoms with Crippen LogP contribution in [0, 0.1) is 0 Å². The molecule has 1 amide bonds. The van der Waals surface area contributed by atoms with Gasteiger partial charge in [-0.3, -0.25) is 9.48 Å². The Labute approximate surface area is 147 Å². The molecule has 0 saturated carbocycles. The summed E-state index contributed by atoms with van der Waals surface area (Å²) in [4.78, 5) is 15.3. The summed E-state index contributed by atoms with van der Waals surface area (Å²) in [5.41, 5.74) is 2.62. The third-order valence-electron chi connectivity index (χ3n) is 5.43. The predicted octanol–water partition coefficient (Wildman–Crippen LogP) is 3.59. The van der Waals surface area contributed by atoms with Gasteiger partial charge in [-0.1, -0.05) is 30.3 Å². The highest BCUT2D eigenvalue weighted by atomic mass is 32.2. The van der Waals surface area contributed by atoms with Gasteiger partial charge in [0.25, 0.3) is 5.91 Å². The lowest BCUT2D eigenvalue weighted by Gasteiger charge is -2.38. The van der Waals surface area contributed by atoms with Gasteiger partial charge in [-0.25, -0.2) is 0 Å². The summed E-state index contributed by atoms with van der Waals surface area (Å²) in [6.07, 6.45) is 6.75. The molecule has 2 aliphatic rings. The smallest absolute Gasteiger partial charge is 0.272 e. The summed E-state index contributed by atoms with van der Waals surface area (Å²) in [5.74, 6) is 0.152. The summed E-state index contributed by atoms with van der Waals surface area (Å²) in [6.45, 7) is 0. The topological polar surface area (TPSA) is 38.1 Å². The SMILES string of the molecule is CSC1CC2CCC(C1)N2C(=O)c1cc(-c2ccccc2)nn1C. The Morgan fingerprint density at radius 2 is 1.83 bits per heavy atom. The largest absolute Gasteiger partial charge is 0.331 e. The molecule has 1 aromatic carbocycles. The number of thioether (sulfide) groups is 1. The molecule has 24 heavy (non-hydrogen) atoms. The van der Waals surface area contributed by atoms with Gasteiger partial charge in [-0.15, -0.1) is 0 Å². The number of fused-ring (bicyclic) bond motifs is 2. The van der Waals surface area contributed by atoms with E-state index < -0.39 is 0 Å². The number of amides is 1. The number of nitrogens with zero attached hydrogens (tertiary/aromatic N) is 3. The van der Waals surface area contributed by atoms with E-state index in [2.05, 4.69) is 16.3 Å². The van der Waals surface area contributed by atoms with Crippen molar-refractivity contribution in [3.8, 4) is 11.3 Å². The van der Waals surface area contributed by atoms with Crippen LogP contribution in [0.5, 0.6) is 0 Å². The molecule has 2 aromatic rings. The second kappa shape index (κ2) is 6.28. The maximum atomic E-state index is 13.2. The van der Waals surface area contributed by atoms with Crippen molar-refractivity contribution in [2.75, 3.05) is 6.26 Å². The monoisotopic (exact) mass is 341 g/mol. The van der Waals surface area contributed by atoms with Crippen LogP contribution in [0.25, 0.3) is 11.3 Å². The summed E-state index contributed by atoms with van der Waals surface area (Å²) in [7, 11) is 1.87. The van der Waals surface area contributed by atoms with E-state index in [-0.39, 0.29) is 5.91 Å². The molecule has 4 nitrogen and oxygen atoms in total. The normalized spacial score (nSPS) is 25.9. The summed E-state index contributed by atoms with van der Waals surface area (Å²) >= 11 is 1.95. The van der Waals surface area contributed by atoms with Crippen molar-refractivity contribution in [2.24, 2.45) is 7.05 Å². The number of piperidine rings is 1. The molecular weight excluding hydrogens is 318 g/mol. The highest BCUT2D eigenvalue weighted by Crippen LogP contribution is 2.40. The van der Waals surface area contributed by atoms with Gasteiger partial charge in [-0.05, 0) is 38.0 Å². The van der Waals surface area contributed by atoms with Gasteiger partial charge in [0.1, 0.15) is 5.69 Å². The number of carbonyl (C=O) groups excluding carboxylic acids is 1. The van der Waals surface area contributed by atoms with Crippen LogP contribution in [0.3, 0.4) is 0 Å². The minimum atomic E-state index is 0.152. The Morgan fingerprint density at radius 3 is 2.46 bits per heavy atom. The highest BCUT2D eigenvalue weighted by molar-refractivity contribution is 7.99. The zero-order chi connectivity index (χ0) is 16.7. The van der Waals surface area contributed by atoms with E-state index in [0.29, 0.717) is 23.0 Å². The van der Waals surface area contributed by atoms with Gasteiger partial charge < -0.3 is 4.90 Å². The molecule has 2 unspecified atom stereocenters. The van der Waals surface area contributed by atoms with Crippen LogP contribution in [-0.2, 0) is 7.05 Å². The number of carbonyl (C=O) groups is 1. The Kier molecular flexibility index (Phi) is 4.12. The fraction of sp³-hybridized carbons (Fsp3) is 0.474. The fourth-order valence-corrected chi connectivity index (χ4v) is 5.03. The zero-order valence-electron chi connectivity index (χ0n) is 14.2. The molecule has 3 heterocycles. The number of hydrogen-bond acceptors (Lipinski definition) is 3. The Morgan fingerprint density at radius 1 is 1.17 bits per heavy atom. The van der Waals surface area contributed by atoms with E-state index in [0.717, 1.165) is 36.9 Å². The molecular formula is C19H23N3OS. The second-order valence-electron chi connectivity index (χ2n) is 6.83. The van der Waals surface area contributed by atoms with Crippen LogP contribution in [-0.4, -0.2) is 44.2 Å². The second-order valence-corrected chi connectivity index (χ2v) is 7.97. The number of aryl methyl sites for hydroxylation is 1. The van der Waals surface area contributed by atoms with Crippen molar-refractivity contribution in [1.82, 2.24) is 14.7 Å². The average molecular weight is 341 g/mol. The Bertz CT molecular complexity index is 728. The third-order valence-corrected chi connectivity index (χ3v) is 6.48.